The molecule has 2 N–H and O–H groups in total. The van der Waals surface area contributed by atoms with E-state index in [1.165, 1.54) is 0 Å². The predicted octanol–water partition coefficient (Wildman–Crippen LogP) is 0.816. The van der Waals surface area contributed by atoms with E-state index in [1.54, 1.807) is 9.58 Å². The largest absolute Gasteiger partial charge is 0.481 e. The lowest BCUT2D eigenvalue weighted by molar-refractivity contribution is -0.138. The van der Waals surface area contributed by atoms with Gasteiger partial charge in [0.2, 0.25) is 0 Å². The van der Waals surface area contributed by atoms with E-state index in [4.69, 9.17) is 5.11 Å². The molecule has 2 rings (SSSR count). The summed E-state index contributed by atoms with van der Waals surface area (Å²) in [6.07, 6.45) is 3.68. The lowest BCUT2D eigenvalue weighted by Gasteiger charge is -2.32. The number of hydrogen-bond donors (Lipinski definition) is 2. The number of amides is 2. The number of likely N-dealkylation sites (tertiary alicyclic amines) is 1. The van der Waals surface area contributed by atoms with Gasteiger partial charge in [-0.05, 0) is 24.8 Å². The van der Waals surface area contributed by atoms with Crippen molar-refractivity contribution >= 4 is 12.0 Å². The lowest BCUT2D eigenvalue weighted by atomic mass is 9.95. The summed E-state index contributed by atoms with van der Waals surface area (Å²) in [5.74, 6) is -0.743. The van der Waals surface area contributed by atoms with Crippen molar-refractivity contribution in [3.8, 4) is 0 Å². The molecular weight excluding hydrogens is 260 g/mol. The number of aliphatic carboxylic acids is 1. The molecule has 1 aromatic rings. The molecule has 0 bridgehead atoms. The minimum absolute atomic E-state index is 0.0573. The van der Waals surface area contributed by atoms with E-state index in [1.807, 2.05) is 19.3 Å². The quantitative estimate of drug-likeness (QED) is 0.854. The van der Waals surface area contributed by atoms with Crippen molar-refractivity contribution in [3.05, 3.63) is 18.0 Å². The molecule has 2 amide bonds. The smallest absolute Gasteiger partial charge is 0.317 e. The monoisotopic (exact) mass is 280 g/mol. The fraction of sp³-hybridized carbons (Fsp3) is 0.615. The third-order valence-corrected chi connectivity index (χ3v) is 3.46. The van der Waals surface area contributed by atoms with Crippen LogP contribution in [-0.4, -0.2) is 44.9 Å². The van der Waals surface area contributed by atoms with E-state index in [-0.39, 0.29) is 18.4 Å². The minimum Gasteiger partial charge on any atom is -0.481 e. The zero-order chi connectivity index (χ0) is 14.5. The van der Waals surface area contributed by atoms with Gasteiger partial charge in [0.15, 0.2) is 0 Å². The number of carboxylic acid groups (broad SMARTS) is 1. The molecular formula is C13H20N4O3. The molecule has 0 saturated carbocycles. The molecule has 1 fully saturated rings. The van der Waals surface area contributed by atoms with Gasteiger partial charge in [-0.2, -0.15) is 5.10 Å². The second-order valence-corrected chi connectivity index (χ2v) is 5.19. The first-order valence-electron chi connectivity index (χ1n) is 6.77. The van der Waals surface area contributed by atoms with E-state index in [9.17, 15) is 9.59 Å². The number of carboxylic acids is 1. The zero-order valence-electron chi connectivity index (χ0n) is 11.6. The second-order valence-electron chi connectivity index (χ2n) is 5.19. The summed E-state index contributed by atoms with van der Waals surface area (Å²) in [6.45, 7) is 1.59. The number of urea groups is 1. The van der Waals surface area contributed by atoms with Gasteiger partial charge in [0.25, 0.3) is 0 Å². The number of rotatable bonds is 4. The van der Waals surface area contributed by atoms with Gasteiger partial charge < -0.3 is 15.3 Å². The molecule has 1 unspecified atom stereocenters. The van der Waals surface area contributed by atoms with Crippen LogP contribution < -0.4 is 5.32 Å². The Morgan fingerprint density at radius 3 is 3.00 bits per heavy atom. The van der Waals surface area contributed by atoms with Crippen molar-refractivity contribution in [1.29, 1.82) is 0 Å². The second kappa shape index (κ2) is 6.40. The Morgan fingerprint density at radius 1 is 1.55 bits per heavy atom. The highest BCUT2D eigenvalue weighted by Crippen LogP contribution is 2.19. The Bertz CT molecular complexity index is 486. The number of nitrogens with one attached hydrogen (secondary N) is 1. The zero-order valence-corrected chi connectivity index (χ0v) is 11.6. The van der Waals surface area contributed by atoms with Crippen LogP contribution in [0.15, 0.2) is 12.3 Å². The topological polar surface area (TPSA) is 87.5 Å². The molecule has 7 heteroatoms. The Labute approximate surface area is 117 Å². The molecule has 0 aromatic carbocycles. The van der Waals surface area contributed by atoms with Crippen LogP contribution in [-0.2, 0) is 18.4 Å². The molecule has 110 valence electrons. The highest BCUT2D eigenvalue weighted by atomic mass is 16.4. The Hall–Kier alpha value is -2.05. The van der Waals surface area contributed by atoms with Gasteiger partial charge in [-0.15, -0.1) is 0 Å². The Morgan fingerprint density at radius 2 is 2.35 bits per heavy atom. The van der Waals surface area contributed by atoms with Gasteiger partial charge in [0.1, 0.15) is 0 Å². The molecule has 0 spiro atoms. The summed E-state index contributed by atoms with van der Waals surface area (Å²) in [7, 11) is 1.83. The van der Waals surface area contributed by atoms with Gasteiger partial charge in [-0.1, -0.05) is 0 Å². The van der Waals surface area contributed by atoms with E-state index < -0.39 is 5.97 Å². The number of hydrogen-bond acceptors (Lipinski definition) is 3. The van der Waals surface area contributed by atoms with Gasteiger partial charge >= 0.3 is 12.0 Å². The highest BCUT2D eigenvalue weighted by molar-refractivity contribution is 5.74. The van der Waals surface area contributed by atoms with Gasteiger partial charge in [-0.25, -0.2) is 4.79 Å². The molecule has 1 aliphatic rings. The lowest BCUT2D eigenvalue weighted by Crippen LogP contribution is -2.45. The maximum Gasteiger partial charge on any atom is 0.317 e. The highest BCUT2D eigenvalue weighted by Gasteiger charge is 2.25. The summed E-state index contributed by atoms with van der Waals surface area (Å²) in [6, 6.07) is 1.70. The van der Waals surface area contributed by atoms with Crippen molar-refractivity contribution in [1.82, 2.24) is 20.0 Å². The predicted molar refractivity (Wildman–Crippen MR) is 72.0 cm³/mol. The maximum atomic E-state index is 12.0. The van der Waals surface area contributed by atoms with Crippen molar-refractivity contribution in [3.63, 3.8) is 0 Å². The van der Waals surface area contributed by atoms with Gasteiger partial charge in [-0.3, -0.25) is 9.48 Å². The minimum atomic E-state index is -0.800. The van der Waals surface area contributed by atoms with Crippen molar-refractivity contribution in [2.45, 2.75) is 25.8 Å². The number of nitrogens with zero attached hydrogens (tertiary/aromatic N) is 3. The first-order valence-corrected chi connectivity index (χ1v) is 6.77. The summed E-state index contributed by atoms with van der Waals surface area (Å²) >= 11 is 0. The third-order valence-electron chi connectivity index (χ3n) is 3.46. The first-order chi connectivity index (χ1) is 9.54. The van der Waals surface area contributed by atoms with Crippen LogP contribution >= 0.6 is 0 Å². The number of piperidine rings is 1. The van der Waals surface area contributed by atoms with E-state index in [2.05, 4.69) is 10.4 Å². The average Bonchev–Trinajstić information content (AvgIpc) is 2.81. The van der Waals surface area contributed by atoms with Crippen LogP contribution in [0.3, 0.4) is 0 Å². The molecule has 1 saturated heterocycles. The molecule has 0 aliphatic carbocycles. The van der Waals surface area contributed by atoms with Crippen LogP contribution in [0, 0.1) is 5.92 Å². The van der Waals surface area contributed by atoms with Gasteiger partial charge in [0, 0.05) is 32.8 Å². The normalized spacial score (nSPS) is 18.9. The summed E-state index contributed by atoms with van der Waals surface area (Å²) in [5.41, 5.74) is 0.806. The fourth-order valence-corrected chi connectivity index (χ4v) is 2.50. The summed E-state index contributed by atoms with van der Waals surface area (Å²) in [4.78, 5) is 24.5. The molecule has 1 atom stereocenters. The maximum absolute atomic E-state index is 12.0. The average molecular weight is 280 g/mol. The van der Waals surface area contributed by atoms with Crippen molar-refractivity contribution in [2.24, 2.45) is 13.0 Å². The molecule has 7 nitrogen and oxygen atoms in total. The van der Waals surface area contributed by atoms with Crippen molar-refractivity contribution in [2.75, 3.05) is 13.1 Å². The number of carbonyl (C=O) groups is 2. The SMILES string of the molecule is Cn1ccc(CNC(=O)N2CCCC(CC(=O)O)C2)n1. The van der Waals surface area contributed by atoms with E-state index >= 15 is 0 Å². The van der Waals surface area contributed by atoms with Crippen LogP contribution in [0.5, 0.6) is 0 Å². The van der Waals surface area contributed by atoms with Crippen LogP contribution in [0.4, 0.5) is 4.79 Å². The molecule has 1 aromatic heterocycles. The van der Waals surface area contributed by atoms with Crippen molar-refractivity contribution < 1.29 is 14.7 Å². The van der Waals surface area contributed by atoms with E-state index in [0.717, 1.165) is 18.5 Å². The first kappa shape index (κ1) is 14.4. The fourth-order valence-electron chi connectivity index (χ4n) is 2.50. The number of aromatic nitrogens is 2. The standard InChI is InChI=1S/C13H20N4O3/c1-16-6-4-11(15-16)8-14-13(20)17-5-2-3-10(9-17)7-12(18)19/h4,6,10H,2-3,5,7-9H2,1H3,(H,14,20)(H,18,19). The Balaban J connectivity index is 1.81. The van der Waals surface area contributed by atoms with Gasteiger partial charge in [0.05, 0.1) is 12.2 Å². The third kappa shape index (κ3) is 3.97. The summed E-state index contributed by atoms with van der Waals surface area (Å²) in [5, 5.41) is 15.8. The molecule has 2 heterocycles. The Kier molecular flexibility index (Phi) is 4.60. The number of carbonyl (C=O) groups excluding carboxylic acids is 1. The molecule has 20 heavy (non-hydrogen) atoms. The van der Waals surface area contributed by atoms with E-state index in [0.29, 0.717) is 19.6 Å². The molecule has 0 radical (unpaired) electrons. The van der Waals surface area contributed by atoms with Crippen LogP contribution in [0.1, 0.15) is 25.0 Å². The summed E-state index contributed by atoms with van der Waals surface area (Å²) < 4.78 is 1.69. The van der Waals surface area contributed by atoms with Crippen LogP contribution in [0.2, 0.25) is 0 Å². The van der Waals surface area contributed by atoms with Crippen LogP contribution in [0.25, 0.3) is 0 Å². The number of aryl methyl sites for hydroxylation is 1. The molecule has 1 aliphatic heterocycles.